The molecule has 32 heavy (non-hydrogen) atoms. The van der Waals surface area contributed by atoms with E-state index in [-0.39, 0.29) is 18.6 Å². The van der Waals surface area contributed by atoms with Crippen molar-refractivity contribution in [3.05, 3.63) is 47.8 Å². The van der Waals surface area contributed by atoms with Crippen LogP contribution in [0, 0.1) is 6.92 Å². The summed E-state index contributed by atoms with van der Waals surface area (Å²) in [6, 6.07) is 6.72. The summed E-state index contributed by atoms with van der Waals surface area (Å²) in [5.41, 5.74) is 0.388. The lowest BCUT2D eigenvalue weighted by Crippen LogP contribution is -2.28. The molecule has 1 saturated carbocycles. The molecule has 0 bridgehead atoms. The number of sulfone groups is 1. The average Bonchev–Trinajstić information content (AvgIpc) is 3.23. The van der Waals surface area contributed by atoms with Gasteiger partial charge in [0.25, 0.3) is 0 Å². The normalized spacial score (nSPS) is 22.9. The first-order valence-electron chi connectivity index (χ1n) is 10.8. The summed E-state index contributed by atoms with van der Waals surface area (Å²) < 4.78 is 79.6. The van der Waals surface area contributed by atoms with Crippen molar-refractivity contribution in [2.75, 3.05) is 13.2 Å². The van der Waals surface area contributed by atoms with Crippen molar-refractivity contribution >= 4 is 9.84 Å². The number of aryl methyl sites for hydroxylation is 1. The fraction of sp³-hybridized carbons (Fsp3) is 0.522. The van der Waals surface area contributed by atoms with Crippen LogP contribution in [0.2, 0.25) is 0 Å². The molecule has 2 aliphatic rings. The second-order valence-corrected chi connectivity index (χ2v) is 10.6. The minimum Gasteiger partial charge on any atom is -0.381 e. The zero-order chi connectivity index (χ0) is 22.9. The number of hydrogen-bond acceptors (Lipinski definition) is 5. The number of ether oxygens (including phenoxy) is 2. The molecule has 0 N–H and O–H groups in total. The van der Waals surface area contributed by atoms with Gasteiger partial charge in [0.05, 0.1) is 27.9 Å². The average molecular weight is 470 g/mol. The van der Waals surface area contributed by atoms with Gasteiger partial charge >= 0.3 is 6.18 Å². The van der Waals surface area contributed by atoms with Gasteiger partial charge in [-0.05, 0) is 74.4 Å². The van der Waals surface area contributed by atoms with Crippen LogP contribution in [0.1, 0.15) is 43.4 Å². The molecule has 0 radical (unpaired) electrons. The zero-order valence-corrected chi connectivity index (χ0v) is 18.6. The molecule has 0 spiro atoms. The van der Waals surface area contributed by atoms with E-state index in [2.05, 4.69) is 4.98 Å². The highest BCUT2D eigenvalue weighted by molar-refractivity contribution is 7.92. The van der Waals surface area contributed by atoms with E-state index in [1.54, 1.807) is 19.1 Å². The van der Waals surface area contributed by atoms with Gasteiger partial charge < -0.3 is 9.47 Å². The zero-order valence-electron chi connectivity index (χ0n) is 17.8. The Bertz CT molecular complexity index is 1070. The van der Waals surface area contributed by atoms with Crippen molar-refractivity contribution in [3.8, 4) is 11.1 Å². The third kappa shape index (κ3) is 5.00. The van der Waals surface area contributed by atoms with Gasteiger partial charge in [-0.3, -0.25) is 4.98 Å². The Morgan fingerprint density at radius 2 is 1.72 bits per heavy atom. The maximum Gasteiger partial charge on any atom is 0.417 e. The summed E-state index contributed by atoms with van der Waals surface area (Å²) >= 11 is 0. The van der Waals surface area contributed by atoms with E-state index < -0.39 is 31.7 Å². The van der Waals surface area contributed by atoms with Crippen molar-refractivity contribution < 1.29 is 31.1 Å². The monoisotopic (exact) mass is 469 g/mol. The van der Waals surface area contributed by atoms with Crippen LogP contribution in [0.15, 0.2) is 41.4 Å². The first-order chi connectivity index (χ1) is 15.1. The van der Waals surface area contributed by atoms with Crippen LogP contribution in [0.3, 0.4) is 0 Å². The van der Waals surface area contributed by atoms with Crippen LogP contribution < -0.4 is 0 Å². The summed E-state index contributed by atoms with van der Waals surface area (Å²) in [6.45, 7) is 2.96. The Kier molecular flexibility index (Phi) is 6.61. The predicted molar refractivity (Wildman–Crippen MR) is 113 cm³/mol. The van der Waals surface area contributed by atoms with Crippen LogP contribution in [-0.4, -0.2) is 44.1 Å². The second kappa shape index (κ2) is 9.11. The van der Waals surface area contributed by atoms with Crippen molar-refractivity contribution in [1.29, 1.82) is 0 Å². The molecule has 5 nitrogen and oxygen atoms in total. The number of alkyl halides is 3. The first kappa shape index (κ1) is 23.2. The molecule has 1 saturated heterocycles. The highest BCUT2D eigenvalue weighted by Crippen LogP contribution is 2.41. The maximum atomic E-state index is 13.9. The summed E-state index contributed by atoms with van der Waals surface area (Å²) in [6.07, 6.45) is -0.991. The van der Waals surface area contributed by atoms with Crippen LogP contribution in [0.4, 0.5) is 13.2 Å². The Morgan fingerprint density at radius 1 is 1.00 bits per heavy atom. The molecule has 0 unspecified atom stereocenters. The number of hydrogen-bond donors (Lipinski definition) is 0. The van der Waals surface area contributed by atoms with Gasteiger partial charge in [-0.25, -0.2) is 8.42 Å². The molecule has 2 atom stereocenters. The van der Waals surface area contributed by atoms with E-state index in [4.69, 9.17) is 9.47 Å². The topological polar surface area (TPSA) is 65.5 Å². The number of nitrogens with zero attached hydrogens (tertiary/aromatic N) is 1. The molecule has 4 rings (SSSR count). The lowest BCUT2D eigenvalue weighted by Gasteiger charge is -2.26. The molecule has 174 valence electrons. The number of aromatic nitrogens is 1. The largest absolute Gasteiger partial charge is 0.417 e. The molecule has 9 heteroatoms. The Balaban J connectivity index is 1.60. The highest BCUT2D eigenvalue weighted by Gasteiger charge is 2.43. The Labute approximate surface area is 185 Å². The quantitative estimate of drug-likeness (QED) is 0.619. The predicted octanol–water partition coefficient (Wildman–Crippen LogP) is 4.97. The van der Waals surface area contributed by atoms with E-state index in [0.29, 0.717) is 42.9 Å². The van der Waals surface area contributed by atoms with Gasteiger partial charge in [0.1, 0.15) is 0 Å². The molecular weight excluding hydrogens is 443 g/mol. The lowest BCUT2D eigenvalue weighted by atomic mass is 10.0. The molecule has 1 aromatic carbocycles. The van der Waals surface area contributed by atoms with Crippen molar-refractivity contribution in [2.24, 2.45) is 0 Å². The van der Waals surface area contributed by atoms with E-state index >= 15 is 0 Å². The number of benzene rings is 1. The van der Waals surface area contributed by atoms with E-state index in [0.717, 1.165) is 25.0 Å². The van der Waals surface area contributed by atoms with E-state index in [1.807, 2.05) is 0 Å². The number of halogens is 3. The molecule has 2 heterocycles. The van der Waals surface area contributed by atoms with Crippen molar-refractivity contribution in [1.82, 2.24) is 4.98 Å². The van der Waals surface area contributed by atoms with Gasteiger partial charge in [-0.2, -0.15) is 13.2 Å². The van der Waals surface area contributed by atoms with Crippen LogP contribution >= 0.6 is 0 Å². The molecule has 1 aliphatic heterocycles. The highest BCUT2D eigenvalue weighted by atomic mass is 32.2. The van der Waals surface area contributed by atoms with Crippen LogP contribution in [0.25, 0.3) is 11.1 Å². The van der Waals surface area contributed by atoms with E-state index in [9.17, 15) is 21.6 Å². The number of pyridine rings is 1. The van der Waals surface area contributed by atoms with Gasteiger partial charge in [-0.1, -0.05) is 6.07 Å². The maximum absolute atomic E-state index is 13.9. The van der Waals surface area contributed by atoms with Gasteiger partial charge in [0, 0.05) is 25.1 Å². The molecule has 0 amide bonds. The summed E-state index contributed by atoms with van der Waals surface area (Å²) in [5, 5.41) is -0.887. The molecule has 1 aromatic heterocycles. The second-order valence-electron chi connectivity index (χ2n) is 8.44. The first-order valence-corrected chi connectivity index (χ1v) is 12.3. The summed E-state index contributed by atoms with van der Waals surface area (Å²) in [4.78, 5) is 3.40. The minimum atomic E-state index is -4.79. The van der Waals surface area contributed by atoms with Crippen LogP contribution in [-0.2, 0) is 25.5 Å². The fourth-order valence-corrected chi connectivity index (χ4v) is 6.49. The number of rotatable bonds is 5. The van der Waals surface area contributed by atoms with Gasteiger partial charge in [0.2, 0.25) is 0 Å². The van der Waals surface area contributed by atoms with Gasteiger partial charge in [0.15, 0.2) is 9.84 Å². The van der Waals surface area contributed by atoms with E-state index in [1.165, 1.54) is 12.3 Å². The summed E-state index contributed by atoms with van der Waals surface area (Å²) in [5.74, 6) is 0. The fourth-order valence-electron chi connectivity index (χ4n) is 4.47. The Hall–Kier alpha value is -1.97. The molecular formula is C23H26F3NO4S. The van der Waals surface area contributed by atoms with Gasteiger partial charge in [-0.15, -0.1) is 0 Å². The van der Waals surface area contributed by atoms with Crippen molar-refractivity contribution in [2.45, 2.75) is 67.6 Å². The molecule has 1 aliphatic carbocycles. The standard InChI is InChI=1S/C23H26F3NO4S/c1-15-12-17(6-9-27-15)16-2-5-22(21(13-16)23(24,25)26)32(28,29)20-4-3-19(14-20)31-18-7-10-30-11-8-18/h2,5-6,9,12-13,18-20H,3-4,7-8,10-11,14H2,1H3/t19-,20-/m1/s1. The third-order valence-electron chi connectivity index (χ3n) is 6.15. The molecule has 2 fully saturated rings. The van der Waals surface area contributed by atoms with Crippen LogP contribution in [0.5, 0.6) is 0 Å². The third-order valence-corrected chi connectivity index (χ3v) is 8.42. The SMILES string of the molecule is Cc1cc(-c2ccc(S(=O)(=O)[C@@H]3CC[C@@H](OC4CCOCC4)C3)c(C(F)(F)F)c2)ccn1. The lowest BCUT2D eigenvalue weighted by molar-refractivity contribution is -0.139. The smallest absolute Gasteiger partial charge is 0.381 e. The molecule has 2 aromatic rings. The Morgan fingerprint density at radius 3 is 2.41 bits per heavy atom. The minimum absolute atomic E-state index is 0.0176. The van der Waals surface area contributed by atoms with Crippen molar-refractivity contribution in [3.63, 3.8) is 0 Å². The summed E-state index contributed by atoms with van der Waals surface area (Å²) in [7, 11) is -4.17.